The van der Waals surface area contributed by atoms with Crippen molar-refractivity contribution in [2.75, 3.05) is 6.79 Å². The van der Waals surface area contributed by atoms with Gasteiger partial charge < -0.3 is 19.3 Å². The average Bonchev–Trinajstić information content (AvgIpc) is 3.38. The van der Waals surface area contributed by atoms with Crippen LogP contribution in [0.4, 0.5) is 0 Å². The van der Waals surface area contributed by atoms with Crippen LogP contribution >= 0.6 is 0 Å². The molecule has 0 saturated heterocycles. The fourth-order valence-corrected chi connectivity index (χ4v) is 3.35. The number of carbonyl (C=O) groups is 1. The molecule has 7 nitrogen and oxygen atoms in total. The lowest BCUT2D eigenvalue weighted by Gasteiger charge is -2.09. The van der Waals surface area contributed by atoms with Gasteiger partial charge in [-0.25, -0.2) is 4.98 Å². The van der Waals surface area contributed by atoms with Crippen LogP contribution in [0, 0.1) is 6.92 Å². The van der Waals surface area contributed by atoms with Crippen LogP contribution in [0.3, 0.4) is 0 Å². The number of rotatable bonds is 4. The van der Waals surface area contributed by atoms with Crippen molar-refractivity contribution in [2.45, 2.75) is 13.5 Å². The number of nitrogens with zero attached hydrogens (tertiary/aromatic N) is 2. The number of hydrogen-bond donors (Lipinski definition) is 1. The minimum atomic E-state index is -0.213. The zero-order valence-corrected chi connectivity index (χ0v) is 15.6. The number of pyridine rings is 1. The number of aryl methyl sites for hydroxylation is 1. The molecule has 0 unspecified atom stereocenters. The second-order valence-corrected chi connectivity index (χ2v) is 6.74. The molecular weight excluding hydrogens is 370 g/mol. The van der Waals surface area contributed by atoms with Gasteiger partial charge in [-0.1, -0.05) is 35.5 Å². The Morgan fingerprint density at radius 3 is 2.76 bits per heavy atom. The molecular formula is C22H17N3O4. The summed E-state index contributed by atoms with van der Waals surface area (Å²) in [6, 6.07) is 17.0. The predicted molar refractivity (Wildman–Crippen MR) is 106 cm³/mol. The maximum absolute atomic E-state index is 13.0. The highest BCUT2D eigenvalue weighted by Crippen LogP contribution is 2.36. The number of nitrogens with one attached hydrogen (secondary N) is 1. The predicted octanol–water partition coefficient (Wildman–Crippen LogP) is 3.86. The molecule has 2 aromatic carbocycles. The Kier molecular flexibility index (Phi) is 4.13. The van der Waals surface area contributed by atoms with Crippen LogP contribution in [0.2, 0.25) is 0 Å². The van der Waals surface area contributed by atoms with E-state index in [1.165, 1.54) is 0 Å². The van der Waals surface area contributed by atoms with Gasteiger partial charge in [0, 0.05) is 12.1 Å². The number of amides is 1. The number of hydrogen-bond acceptors (Lipinski definition) is 6. The van der Waals surface area contributed by atoms with E-state index in [0.717, 1.165) is 11.1 Å². The molecule has 5 rings (SSSR count). The van der Waals surface area contributed by atoms with E-state index in [1.807, 2.05) is 48.5 Å². The third-order valence-corrected chi connectivity index (χ3v) is 4.83. The maximum Gasteiger partial charge on any atom is 0.259 e. The molecule has 1 amide bonds. The molecule has 0 radical (unpaired) electrons. The van der Waals surface area contributed by atoms with E-state index < -0.39 is 0 Å². The van der Waals surface area contributed by atoms with Crippen LogP contribution in [0.25, 0.3) is 22.4 Å². The van der Waals surface area contributed by atoms with Gasteiger partial charge in [0.05, 0.1) is 22.3 Å². The first-order chi connectivity index (χ1) is 14.2. The van der Waals surface area contributed by atoms with Crippen LogP contribution in [0.15, 0.2) is 59.1 Å². The lowest BCUT2D eigenvalue weighted by Crippen LogP contribution is -2.23. The number of carbonyl (C=O) groups excluding carboxylic acids is 1. The molecule has 144 valence electrons. The lowest BCUT2D eigenvalue weighted by atomic mass is 10.0. The third-order valence-electron chi connectivity index (χ3n) is 4.83. The molecule has 0 fully saturated rings. The van der Waals surface area contributed by atoms with Gasteiger partial charge in [-0.3, -0.25) is 4.79 Å². The molecule has 0 atom stereocenters. The van der Waals surface area contributed by atoms with Crippen molar-refractivity contribution in [1.29, 1.82) is 0 Å². The number of fused-ring (bicyclic) bond motifs is 2. The van der Waals surface area contributed by atoms with Gasteiger partial charge in [0.25, 0.3) is 11.6 Å². The molecule has 4 aromatic rings. The van der Waals surface area contributed by atoms with Gasteiger partial charge >= 0.3 is 0 Å². The summed E-state index contributed by atoms with van der Waals surface area (Å²) >= 11 is 0. The summed E-state index contributed by atoms with van der Waals surface area (Å²) in [6.45, 7) is 2.41. The highest BCUT2D eigenvalue weighted by Gasteiger charge is 2.21. The van der Waals surface area contributed by atoms with E-state index in [-0.39, 0.29) is 12.7 Å². The quantitative estimate of drug-likeness (QED) is 0.572. The Morgan fingerprint density at radius 1 is 1.07 bits per heavy atom. The average molecular weight is 387 g/mol. The second-order valence-electron chi connectivity index (χ2n) is 6.74. The summed E-state index contributed by atoms with van der Waals surface area (Å²) in [5.74, 6) is 1.12. The standard InChI is InChI=1S/C22H17N3O4/c1-13-20-16(21(26)23-11-14-5-3-2-4-6-14)10-17(24-22(20)29-25-13)15-7-8-18-19(9-15)28-12-27-18/h2-10H,11-12H2,1H3,(H,23,26). The molecule has 29 heavy (non-hydrogen) atoms. The summed E-state index contributed by atoms with van der Waals surface area (Å²) in [6.07, 6.45) is 0. The van der Waals surface area contributed by atoms with Gasteiger partial charge in [-0.2, -0.15) is 0 Å². The number of aromatic nitrogens is 2. The SMILES string of the molecule is Cc1noc2nc(-c3ccc4c(c3)OCO4)cc(C(=O)NCc3ccccc3)c12. The van der Waals surface area contributed by atoms with E-state index in [9.17, 15) is 4.79 Å². The zero-order valence-electron chi connectivity index (χ0n) is 15.6. The van der Waals surface area contributed by atoms with Crippen LogP contribution in [-0.4, -0.2) is 22.8 Å². The van der Waals surface area contributed by atoms with Crippen molar-refractivity contribution >= 4 is 17.0 Å². The summed E-state index contributed by atoms with van der Waals surface area (Å²) in [5.41, 5.74) is 3.82. The second kappa shape index (κ2) is 6.94. The molecule has 0 aliphatic carbocycles. The molecule has 1 N–H and O–H groups in total. The Balaban J connectivity index is 1.53. The van der Waals surface area contributed by atoms with Gasteiger partial charge in [0.1, 0.15) is 0 Å². The largest absolute Gasteiger partial charge is 0.454 e. The highest BCUT2D eigenvalue weighted by atomic mass is 16.7. The first-order valence-corrected chi connectivity index (χ1v) is 9.18. The van der Waals surface area contributed by atoms with Crippen molar-refractivity contribution in [3.05, 3.63) is 71.4 Å². The minimum Gasteiger partial charge on any atom is -0.454 e. The highest BCUT2D eigenvalue weighted by molar-refractivity contribution is 6.07. The van der Waals surface area contributed by atoms with Crippen LogP contribution in [0.5, 0.6) is 11.5 Å². The smallest absolute Gasteiger partial charge is 0.259 e. The molecule has 2 aromatic heterocycles. The van der Waals surface area contributed by atoms with Gasteiger partial charge in [0.15, 0.2) is 11.5 Å². The van der Waals surface area contributed by atoms with E-state index in [2.05, 4.69) is 15.5 Å². The molecule has 7 heteroatoms. The minimum absolute atomic E-state index is 0.194. The molecule has 0 spiro atoms. The monoisotopic (exact) mass is 387 g/mol. The Hall–Kier alpha value is -3.87. The Morgan fingerprint density at radius 2 is 1.90 bits per heavy atom. The summed E-state index contributed by atoms with van der Waals surface area (Å²) in [7, 11) is 0. The van der Waals surface area contributed by atoms with Crippen molar-refractivity contribution in [2.24, 2.45) is 0 Å². The normalized spacial score (nSPS) is 12.3. The van der Waals surface area contributed by atoms with Crippen molar-refractivity contribution < 1.29 is 18.8 Å². The van der Waals surface area contributed by atoms with Crippen molar-refractivity contribution in [1.82, 2.24) is 15.5 Å². The Bertz CT molecular complexity index is 1220. The van der Waals surface area contributed by atoms with Crippen LogP contribution in [0.1, 0.15) is 21.6 Å². The van der Waals surface area contributed by atoms with Gasteiger partial charge in [-0.15, -0.1) is 0 Å². The van der Waals surface area contributed by atoms with Gasteiger partial charge in [-0.05, 0) is 36.8 Å². The molecule has 0 saturated carbocycles. The fourth-order valence-electron chi connectivity index (χ4n) is 3.35. The maximum atomic E-state index is 13.0. The molecule has 3 heterocycles. The first kappa shape index (κ1) is 17.2. The fraction of sp³-hybridized carbons (Fsp3) is 0.136. The number of benzene rings is 2. The molecule has 0 bridgehead atoms. The van der Waals surface area contributed by atoms with E-state index in [0.29, 0.717) is 46.1 Å². The summed E-state index contributed by atoms with van der Waals surface area (Å²) in [5, 5.41) is 7.56. The summed E-state index contributed by atoms with van der Waals surface area (Å²) in [4.78, 5) is 17.5. The Labute approximate surface area is 166 Å². The van der Waals surface area contributed by atoms with Crippen molar-refractivity contribution in [3.8, 4) is 22.8 Å². The lowest BCUT2D eigenvalue weighted by molar-refractivity contribution is 0.0952. The van der Waals surface area contributed by atoms with Crippen LogP contribution in [-0.2, 0) is 6.54 Å². The summed E-state index contributed by atoms with van der Waals surface area (Å²) < 4.78 is 16.2. The van der Waals surface area contributed by atoms with E-state index in [4.69, 9.17) is 14.0 Å². The number of ether oxygens (including phenoxy) is 2. The zero-order chi connectivity index (χ0) is 19.8. The van der Waals surface area contributed by atoms with E-state index >= 15 is 0 Å². The van der Waals surface area contributed by atoms with Crippen LogP contribution < -0.4 is 14.8 Å². The van der Waals surface area contributed by atoms with Crippen molar-refractivity contribution in [3.63, 3.8) is 0 Å². The molecule has 1 aliphatic heterocycles. The topological polar surface area (TPSA) is 86.5 Å². The van der Waals surface area contributed by atoms with Gasteiger partial charge in [0.2, 0.25) is 6.79 Å². The third kappa shape index (κ3) is 3.16. The first-order valence-electron chi connectivity index (χ1n) is 9.18. The van der Waals surface area contributed by atoms with E-state index in [1.54, 1.807) is 13.0 Å². The molecule has 1 aliphatic rings.